The van der Waals surface area contributed by atoms with Crippen LogP contribution in [0.25, 0.3) is 0 Å². The van der Waals surface area contributed by atoms with Crippen LogP contribution in [0.1, 0.15) is 12.8 Å². The quantitative estimate of drug-likeness (QED) is 0.821. The topological polar surface area (TPSA) is 55.4 Å². The summed E-state index contributed by atoms with van der Waals surface area (Å²) in [5.41, 5.74) is 0. The Morgan fingerprint density at radius 3 is 2.35 bits per heavy atom. The van der Waals surface area contributed by atoms with E-state index in [0.29, 0.717) is 12.8 Å². The number of alkyl halides is 2. The van der Waals surface area contributed by atoms with Crippen molar-refractivity contribution in [1.82, 2.24) is 4.72 Å². The average molecular weight is 303 g/mol. The minimum absolute atomic E-state index is 0.0915. The lowest BCUT2D eigenvalue weighted by molar-refractivity contribution is 0.0819. The lowest BCUT2D eigenvalue weighted by atomic mass is 10.3. The van der Waals surface area contributed by atoms with Crippen molar-refractivity contribution in [2.75, 3.05) is 6.61 Å². The molecule has 0 spiro atoms. The van der Waals surface area contributed by atoms with Gasteiger partial charge in [0.15, 0.2) is 0 Å². The first-order chi connectivity index (χ1) is 9.47. The lowest BCUT2D eigenvalue weighted by Gasteiger charge is -2.13. The molecule has 0 heterocycles. The lowest BCUT2D eigenvalue weighted by Crippen LogP contribution is -2.32. The van der Waals surface area contributed by atoms with E-state index in [9.17, 15) is 17.2 Å². The first kappa shape index (κ1) is 14.9. The van der Waals surface area contributed by atoms with Gasteiger partial charge in [-0.25, -0.2) is 21.9 Å². The zero-order chi connectivity index (χ0) is 14.6. The predicted molar refractivity (Wildman–Crippen MR) is 70.4 cm³/mol. The fraction of sp³-hybridized carbons (Fsp3) is 0.385. The summed E-state index contributed by atoms with van der Waals surface area (Å²) >= 11 is 0. The highest BCUT2D eigenvalue weighted by molar-refractivity contribution is 7.89. The molecule has 7 heteroatoms. The maximum Gasteiger partial charge on any atom is 0.272 e. The number of nitrogens with one attached hydrogen (secondary N) is 1. The van der Waals surface area contributed by atoms with Gasteiger partial charge in [0.25, 0.3) is 6.43 Å². The molecule has 4 nitrogen and oxygen atoms in total. The van der Waals surface area contributed by atoms with Crippen LogP contribution < -0.4 is 9.46 Å². The third kappa shape index (κ3) is 4.01. The van der Waals surface area contributed by atoms with E-state index in [-0.39, 0.29) is 16.7 Å². The second kappa shape index (κ2) is 6.32. The van der Waals surface area contributed by atoms with Gasteiger partial charge in [-0.2, -0.15) is 0 Å². The molecule has 1 aliphatic rings. The minimum atomic E-state index is -3.59. The molecule has 110 valence electrons. The Balaban J connectivity index is 2.00. The monoisotopic (exact) mass is 303 g/mol. The van der Waals surface area contributed by atoms with E-state index in [1.54, 1.807) is 0 Å². The summed E-state index contributed by atoms with van der Waals surface area (Å²) in [6.45, 7) is -0.710. The SMILES string of the molecule is O=S(=O)(NC1CC=CC1)c1ccc(OCC(F)F)cc1. The number of hydrogen-bond acceptors (Lipinski definition) is 3. The van der Waals surface area contributed by atoms with Crippen molar-refractivity contribution in [3.63, 3.8) is 0 Å². The zero-order valence-electron chi connectivity index (χ0n) is 10.6. The molecule has 1 aromatic carbocycles. The summed E-state index contributed by atoms with van der Waals surface area (Å²) in [5.74, 6) is 0.215. The number of benzene rings is 1. The molecule has 1 aliphatic carbocycles. The first-order valence-electron chi connectivity index (χ1n) is 6.16. The average Bonchev–Trinajstić information content (AvgIpc) is 2.89. The summed E-state index contributed by atoms with van der Waals surface area (Å²) in [4.78, 5) is 0.0915. The van der Waals surface area contributed by atoms with Gasteiger partial charge in [-0.05, 0) is 37.1 Å². The van der Waals surface area contributed by atoms with Crippen molar-refractivity contribution in [2.45, 2.75) is 30.2 Å². The second-order valence-electron chi connectivity index (χ2n) is 4.43. The molecule has 0 atom stereocenters. The van der Waals surface area contributed by atoms with Gasteiger partial charge in [0.1, 0.15) is 12.4 Å². The van der Waals surface area contributed by atoms with E-state index in [1.807, 2.05) is 12.2 Å². The van der Waals surface area contributed by atoms with Crippen LogP contribution in [-0.4, -0.2) is 27.5 Å². The number of hydrogen-bond donors (Lipinski definition) is 1. The molecule has 0 fully saturated rings. The van der Waals surface area contributed by atoms with Crippen LogP contribution in [-0.2, 0) is 10.0 Å². The van der Waals surface area contributed by atoms with E-state index < -0.39 is 23.1 Å². The van der Waals surface area contributed by atoms with Crippen LogP contribution in [0.5, 0.6) is 5.75 Å². The van der Waals surface area contributed by atoms with Gasteiger partial charge >= 0.3 is 0 Å². The Hall–Kier alpha value is -1.47. The molecule has 1 aromatic rings. The molecule has 0 aromatic heterocycles. The Labute approximate surface area is 116 Å². The van der Waals surface area contributed by atoms with E-state index in [1.165, 1.54) is 24.3 Å². The van der Waals surface area contributed by atoms with Crippen molar-refractivity contribution < 1.29 is 21.9 Å². The van der Waals surface area contributed by atoms with Crippen LogP contribution in [0.15, 0.2) is 41.3 Å². The standard InChI is InChI=1S/C13H15F2NO3S/c14-13(15)9-19-11-5-7-12(8-6-11)20(17,18)16-10-3-1-2-4-10/h1-2,5-8,10,13,16H,3-4,9H2. The summed E-state index contributed by atoms with van der Waals surface area (Å²) < 4.78 is 55.5. The van der Waals surface area contributed by atoms with Gasteiger partial charge in [-0.3, -0.25) is 0 Å². The van der Waals surface area contributed by atoms with Gasteiger partial charge in [-0.1, -0.05) is 12.2 Å². The molecule has 1 N–H and O–H groups in total. The Bertz CT molecular complexity index is 562. The minimum Gasteiger partial charge on any atom is -0.488 e. The van der Waals surface area contributed by atoms with E-state index in [0.717, 1.165) is 0 Å². The third-order valence-electron chi connectivity index (χ3n) is 2.84. The van der Waals surface area contributed by atoms with Gasteiger partial charge in [-0.15, -0.1) is 0 Å². The van der Waals surface area contributed by atoms with Crippen LogP contribution >= 0.6 is 0 Å². The molecule has 0 unspecified atom stereocenters. The number of sulfonamides is 1. The fourth-order valence-electron chi connectivity index (χ4n) is 1.88. The molecule has 2 rings (SSSR count). The maximum absolute atomic E-state index is 12.1. The Kier molecular flexibility index (Phi) is 4.72. The smallest absolute Gasteiger partial charge is 0.272 e. The van der Waals surface area contributed by atoms with Crippen LogP contribution in [0.2, 0.25) is 0 Å². The van der Waals surface area contributed by atoms with Gasteiger partial charge in [0, 0.05) is 6.04 Å². The fourth-order valence-corrected chi connectivity index (χ4v) is 3.14. The highest BCUT2D eigenvalue weighted by Crippen LogP contribution is 2.18. The van der Waals surface area contributed by atoms with Crippen LogP contribution in [0.3, 0.4) is 0 Å². The number of ether oxygens (including phenoxy) is 1. The Morgan fingerprint density at radius 2 is 1.80 bits per heavy atom. The molecular weight excluding hydrogens is 288 g/mol. The van der Waals surface area contributed by atoms with Crippen LogP contribution in [0.4, 0.5) is 8.78 Å². The normalized spacial score (nSPS) is 15.9. The zero-order valence-corrected chi connectivity index (χ0v) is 11.4. The van der Waals surface area contributed by atoms with Crippen molar-refractivity contribution in [1.29, 1.82) is 0 Å². The number of rotatable bonds is 6. The highest BCUT2D eigenvalue weighted by Gasteiger charge is 2.20. The molecule has 20 heavy (non-hydrogen) atoms. The largest absolute Gasteiger partial charge is 0.488 e. The highest BCUT2D eigenvalue weighted by atomic mass is 32.2. The molecule has 0 saturated heterocycles. The second-order valence-corrected chi connectivity index (χ2v) is 6.15. The van der Waals surface area contributed by atoms with Gasteiger partial charge in [0.2, 0.25) is 10.0 Å². The van der Waals surface area contributed by atoms with Crippen molar-refractivity contribution in [2.24, 2.45) is 0 Å². The van der Waals surface area contributed by atoms with Crippen molar-refractivity contribution in [3.05, 3.63) is 36.4 Å². The molecule has 0 saturated carbocycles. The predicted octanol–water partition coefficient (Wildman–Crippen LogP) is 2.33. The molecule has 0 radical (unpaired) electrons. The first-order valence-corrected chi connectivity index (χ1v) is 7.64. The van der Waals surface area contributed by atoms with Gasteiger partial charge < -0.3 is 4.74 Å². The third-order valence-corrected chi connectivity index (χ3v) is 4.38. The van der Waals surface area contributed by atoms with Gasteiger partial charge in [0.05, 0.1) is 4.90 Å². The van der Waals surface area contributed by atoms with Crippen molar-refractivity contribution in [3.8, 4) is 5.75 Å². The summed E-state index contributed by atoms with van der Waals surface area (Å²) in [7, 11) is -3.59. The molecule has 0 amide bonds. The van der Waals surface area contributed by atoms with Crippen molar-refractivity contribution >= 4 is 10.0 Å². The molecular formula is C13H15F2NO3S. The molecule has 0 bridgehead atoms. The van der Waals surface area contributed by atoms with E-state index in [4.69, 9.17) is 4.74 Å². The summed E-state index contributed by atoms with van der Waals surface area (Å²) in [6.07, 6.45) is 2.64. The van der Waals surface area contributed by atoms with Crippen LogP contribution in [0, 0.1) is 0 Å². The van der Waals surface area contributed by atoms with E-state index >= 15 is 0 Å². The Morgan fingerprint density at radius 1 is 1.20 bits per heavy atom. The molecule has 0 aliphatic heterocycles. The summed E-state index contributed by atoms with van der Waals surface area (Å²) in [5, 5.41) is 0. The number of halogens is 2. The maximum atomic E-state index is 12.1. The van der Waals surface area contributed by atoms with E-state index in [2.05, 4.69) is 4.72 Å². The summed E-state index contributed by atoms with van der Waals surface area (Å²) in [6, 6.07) is 5.29.